The van der Waals surface area contributed by atoms with Crippen LogP contribution < -0.4 is 5.32 Å². The predicted molar refractivity (Wildman–Crippen MR) is 69.9 cm³/mol. The largest absolute Gasteiger partial charge is 0.378 e. The summed E-state index contributed by atoms with van der Waals surface area (Å²) in [6, 6.07) is 5.64. The number of rotatable bonds is 5. The third-order valence-corrected chi connectivity index (χ3v) is 3.28. The Balaban J connectivity index is 2.02. The summed E-state index contributed by atoms with van der Waals surface area (Å²) in [7, 11) is 0. The van der Waals surface area contributed by atoms with Crippen molar-refractivity contribution in [2.45, 2.75) is 38.8 Å². The van der Waals surface area contributed by atoms with Gasteiger partial charge >= 0.3 is 0 Å². The van der Waals surface area contributed by atoms with Crippen LogP contribution in [0.2, 0.25) is 0 Å². The van der Waals surface area contributed by atoms with Crippen LogP contribution in [0.5, 0.6) is 0 Å². The standard InChI is InChI=1S/C13H18N2O3/c1-3-18-11-7-10(8-11)14-12-6-4-5-9(2)13(12)15(16)17/h4-6,10-11,14H,3,7-8H2,1-2H3. The Labute approximate surface area is 106 Å². The van der Waals surface area contributed by atoms with Crippen LogP contribution in [0.15, 0.2) is 18.2 Å². The van der Waals surface area contributed by atoms with Gasteiger partial charge < -0.3 is 10.1 Å². The Bertz CT molecular complexity index is 442. The lowest BCUT2D eigenvalue weighted by Gasteiger charge is -2.35. The molecule has 0 amide bonds. The van der Waals surface area contributed by atoms with Crippen LogP contribution >= 0.6 is 0 Å². The molecule has 1 aliphatic carbocycles. The molecular weight excluding hydrogens is 232 g/mol. The maximum Gasteiger partial charge on any atom is 0.295 e. The number of hydrogen-bond acceptors (Lipinski definition) is 4. The van der Waals surface area contributed by atoms with E-state index in [2.05, 4.69) is 5.32 Å². The van der Waals surface area contributed by atoms with E-state index >= 15 is 0 Å². The van der Waals surface area contributed by atoms with Crippen molar-refractivity contribution >= 4 is 11.4 Å². The van der Waals surface area contributed by atoms with Crippen molar-refractivity contribution in [2.24, 2.45) is 0 Å². The molecule has 0 spiro atoms. The molecule has 0 saturated heterocycles. The maximum absolute atomic E-state index is 11.0. The molecule has 1 aliphatic rings. The van der Waals surface area contributed by atoms with Crippen LogP contribution in [0, 0.1) is 17.0 Å². The molecule has 1 fully saturated rings. The van der Waals surface area contributed by atoms with Gasteiger partial charge in [-0.3, -0.25) is 10.1 Å². The number of para-hydroxylation sites is 1. The smallest absolute Gasteiger partial charge is 0.295 e. The van der Waals surface area contributed by atoms with Gasteiger partial charge in [-0.05, 0) is 32.8 Å². The molecule has 5 heteroatoms. The summed E-state index contributed by atoms with van der Waals surface area (Å²) in [5.41, 5.74) is 1.47. The first-order valence-electron chi connectivity index (χ1n) is 6.24. The molecule has 98 valence electrons. The quantitative estimate of drug-likeness (QED) is 0.644. The minimum atomic E-state index is -0.323. The first-order valence-corrected chi connectivity index (χ1v) is 6.24. The van der Waals surface area contributed by atoms with Gasteiger partial charge in [-0.1, -0.05) is 12.1 Å². The van der Waals surface area contributed by atoms with Crippen LogP contribution in [-0.2, 0) is 4.74 Å². The number of benzene rings is 1. The zero-order chi connectivity index (χ0) is 13.1. The SMILES string of the molecule is CCOC1CC(Nc2cccc(C)c2[N+](=O)[O-])C1. The molecule has 1 N–H and O–H groups in total. The fourth-order valence-corrected chi connectivity index (χ4v) is 2.29. The van der Waals surface area contributed by atoms with Crippen molar-refractivity contribution in [1.29, 1.82) is 0 Å². The van der Waals surface area contributed by atoms with Gasteiger partial charge in [0.1, 0.15) is 5.69 Å². The highest BCUT2D eigenvalue weighted by atomic mass is 16.6. The Morgan fingerprint density at radius 2 is 2.22 bits per heavy atom. The molecule has 0 atom stereocenters. The summed E-state index contributed by atoms with van der Waals surface area (Å²) in [4.78, 5) is 10.7. The monoisotopic (exact) mass is 250 g/mol. The van der Waals surface area contributed by atoms with Gasteiger partial charge in [-0.25, -0.2) is 0 Å². The van der Waals surface area contributed by atoms with E-state index in [-0.39, 0.29) is 16.7 Å². The molecule has 0 unspecified atom stereocenters. The van der Waals surface area contributed by atoms with Gasteiger partial charge in [-0.15, -0.1) is 0 Å². The summed E-state index contributed by atoms with van der Waals surface area (Å²) < 4.78 is 5.47. The molecule has 0 aliphatic heterocycles. The van der Waals surface area contributed by atoms with E-state index < -0.39 is 0 Å². The number of nitro groups is 1. The lowest BCUT2D eigenvalue weighted by atomic mass is 9.89. The van der Waals surface area contributed by atoms with Crippen molar-refractivity contribution in [3.63, 3.8) is 0 Å². The van der Waals surface area contributed by atoms with E-state index in [0.717, 1.165) is 19.4 Å². The molecule has 1 aromatic rings. The van der Waals surface area contributed by atoms with Crippen molar-refractivity contribution in [3.05, 3.63) is 33.9 Å². The van der Waals surface area contributed by atoms with Crippen LogP contribution in [0.3, 0.4) is 0 Å². The van der Waals surface area contributed by atoms with Gasteiger partial charge in [0.2, 0.25) is 0 Å². The minimum absolute atomic E-state index is 0.178. The number of hydrogen-bond donors (Lipinski definition) is 1. The predicted octanol–water partition coefficient (Wildman–Crippen LogP) is 2.88. The lowest BCUT2D eigenvalue weighted by molar-refractivity contribution is -0.384. The summed E-state index contributed by atoms with van der Waals surface area (Å²) in [6.45, 7) is 4.46. The van der Waals surface area contributed by atoms with Gasteiger partial charge in [0.15, 0.2) is 0 Å². The number of nitrogens with one attached hydrogen (secondary N) is 1. The van der Waals surface area contributed by atoms with Crippen LogP contribution in [0.4, 0.5) is 11.4 Å². The molecule has 18 heavy (non-hydrogen) atoms. The van der Waals surface area contributed by atoms with Crippen LogP contribution in [-0.4, -0.2) is 23.7 Å². The van der Waals surface area contributed by atoms with Crippen LogP contribution in [0.1, 0.15) is 25.3 Å². The van der Waals surface area contributed by atoms with E-state index in [1.807, 2.05) is 13.0 Å². The van der Waals surface area contributed by atoms with E-state index in [9.17, 15) is 10.1 Å². The van der Waals surface area contributed by atoms with E-state index in [1.54, 1.807) is 19.1 Å². The molecule has 2 rings (SSSR count). The average Bonchev–Trinajstić information content (AvgIpc) is 2.25. The van der Waals surface area contributed by atoms with Crippen molar-refractivity contribution in [3.8, 4) is 0 Å². The Morgan fingerprint density at radius 1 is 1.50 bits per heavy atom. The number of aryl methyl sites for hydroxylation is 1. The average molecular weight is 250 g/mol. The number of anilines is 1. The molecular formula is C13H18N2O3. The molecule has 0 heterocycles. The Morgan fingerprint density at radius 3 is 2.83 bits per heavy atom. The van der Waals surface area contributed by atoms with Crippen molar-refractivity contribution in [1.82, 2.24) is 0 Å². The number of ether oxygens (including phenoxy) is 1. The third-order valence-electron chi connectivity index (χ3n) is 3.28. The van der Waals surface area contributed by atoms with Gasteiger partial charge in [0.25, 0.3) is 5.69 Å². The summed E-state index contributed by atoms with van der Waals surface area (Å²) in [5, 5.41) is 14.3. The first-order chi connectivity index (χ1) is 8.61. The highest BCUT2D eigenvalue weighted by molar-refractivity contribution is 5.65. The summed E-state index contributed by atoms with van der Waals surface area (Å²) in [6.07, 6.45) is 2.13. The van der Waals surface area contributed by atoms with Gasteiger partial charge in [0.05, 0.1) is 11.0 Å². The molecule has 1 aromatic carbocycles. The molecule has 1 saturated carbocycles. The van der Waals surface area contributed by atoms with E-state index in [1.165, 1.54) is 0 Å². The minimum Gasteiger partial charge on any atom is -0.378 e. The second kappa shape index (κ2) is 5.35. The van der Waals surface area contributed by atoms with Gasteiger partial charge in [-0.2, -0.15) is 0 Å². The molecule has 0 aromatic heterocycles. The van der Waals surface area contributed by atoms with E-state index in [0.29, 0.717) is 17.4 Å². The fraction of sp³-hybridized carbons (Fsp3) is 0.538. The second-order valence-corrected chi connectivity index (χ2v) is 4.62. The second-order valence-electron chi connectivity index (χ2n) is 4.62. The number of nitrogens with zero attached hydrogens (tertiary/aromatic N) is 1. The molecule has 0 radical (unpaired) electrons. The van der Waals surface area contributed by atoms with Crippen LogP contribution in [0.25, 0.3) is 0 Å². The normalized spacial score (nSPS) is 22.3. The fourth-order valence-electron chi connectivity index (χ4n) is 2.29. The zero-order valence-corrected chi connectivity index (χ0v) is 10.7. The van der Waals surface area contributed by atoms with Crippen molar-refractivity contribution < 1.29 is 9.66 Å². The highest BCUT2D eigenvalue weighted by Crippen LogP contribution is 2.32. The number of nitro benzene ring substituents is 1. The molecule has 5 nitrogen and oxygen atoms in total. The topological polar surface area (TPSA) is 64.4 Å². The third kappa shape index (κ3) is 2.61. The summed E-state index contributed by atoms with van der Waals surface area (Å²) >= 11 is 0. The van der Waals surface area contributed by atoms with Gasteiger partial charge in [0, 0.05) is 18.2 Å². The zero-order valence-electron chi connectivity index (χ0n) is 10.7. The Hall–Kier alpha value is -1.62. The van der Waals surface area contributed by atoms with E-state index in [4.69, 9.17) is 4.74 Å². The Kier molecular flexibility index (Phi) is 3.81. The molecule has 0 bridgehead atoms. The highest BCUT2D eigenvalue weighted by Gasteiger charge is 2.31. The first kappa shape index (κ1) is 12.8. The lowest BCUT2D eigenvalue weighted by Crippen LogP contribution is -2.40. The maximum atomic E-state index is 11.0. The van der Waals surface area contributed by atoms with Crippen molar-refractivity contribution in [2.75, 3.05) is 11.9 Å². The summed E-state index contributed by atoms with van der Waals surface area (Å²) in [5.74, 6) is 0.